The van der Waals surface area contributed by atoms with Crippen molar-refractivity contribution in [2.24, 2.45) is 4.99 Å². The lowest BCUT2D eigenvalue weighted by Gasteiger charge is -1.98. The minimum Gasteiger partial charge on any atom is -0.372 e. The minimum atomic E-state index is 0.106. The second-order valence-electron chi connectivity index (χ2n) is 2.95. The average molecular weight is 177 g/mol. The molecule has 13 heavy (non-hydrogen) atoms. The van der Waals surface area contributed by atoms with Crippen molar-refractivity contribution < 1.29 is 4.79 Å². The van der Waals surface area contributed by atoms with E-state index in [2.05, 4.69) is 15.3 Å². The second kappa shape index (κ2) is 3.43. The van der Waals surface area contributed by atoms with Crippen LogP contribution in [0, 0.1) is 0 Å². The zero-order valence-electron chi connectivity index (χ0n) is 7.21. The zero-order chi connectivity index (χ0) is 9.10. The standard InChI is InChI=1S/C9H11N3O/c13-8(7-1-2-10-6-7)5-9-11-3-4-12-9/h1-2,6,10H,3-5H2,(H,11,12). The number of amidine groups is 1. The highest BCUT2D eigenvalue weighted by Crippen LogP contribution is 2.03. The monoisotopic (exact) mass is 177 g/mol. The largest absolute Gasteiger partial charge is 0.372 e. The Kier molecular flexibility index (Phi) is 2.12. The van der Waals surface area contributed by atoms with Crippen LogP contribution in [0.1, 0.15) is 16.8 Å². The Morgan fingerprint density at radius 1 is 1.62 bits per heavy atom. The smallest absolute Gasteiger partial charge is 0.171 e. The van der Waals surface area contributed by atoms with Gasteiger partial charge in [0, 0.05) is 24.5 Å². The molecular weight excluding hydrogens is 166 g/mol. The van der Waals surface area contributed by atoms with Gasteiger partial charge in [0.25, 0.3) is 0 Å². The van der Waals surface area contributed by atoms with Gasteiger partial charge < -0.3 is 10.3 Å². The Morgan fingerprint density at radius 3 is 3.15 bits per heavy atom. The molecule has 2 N–H and O–H groups in total. The molecule has 0 spiro atoms. The first-order chi connectivity index (χ1) is 6.36. The first kappa shape index (κ1) is 8.04. The van der Waals surface area contributed by atoms with Crippen LogP contribution < -0.4 is 5.32 Å². The molecule has 1 aromatic rings. The summed E-state index contributed by atoms with van der Waals surface area (Å²) in [6.45, 7) is 1.64. The number of carbonyl (C=O) groups excluding carboxylic acids is 1. The highest BCUT2D eigenvalue weighted by Gasteiger charge is 2.12. The number of carbonyl (C=O) groups is 1. The molecule has 0 fully saturated rings. The molecule has 0 atom stereocenters. The Bertz CT molecular complexity index is 327. The molecule has 1 aromatic heterocycles. The number of nitrogens with one attached hydrogen (secondary N) is 2. The summed E-state index contributed by atoms with van der Waals surface area (Å²) >= 11 is 0. The molecule has 1 aliphatic heterocycles. The second-order valence-corrected chi connectivity index (χ2v) is 2.95. The molecule has 0 saturated carbocycles. The first-order valence-corrected chi connectivity index (χ1v) is 4.29. The van der Waals surface area contributed by atoms with Crippen LogP contribution in [0.15, 0.2) is 23.5 Å². The van der Waals surface area contributed by atoms with Crippen molar-refractivity contribution in [3.05, 3.63) is 24.0 Å². The molecule has 0 saturated heterocycles. The summed E-state index contributed by atoms with van der Waals surface area (Å²) in [6, 6.07) is 1.78. The fourth-order valence-electron chi connectivity index (χ4n) is 1.32. The summed E-state index contributed by atoms with van der Waals surface area (Å²) < 4.78 is 0. The van der Waals surface area contributed by atoms with E-state index in [9.17, 15) is 4.79 Å². The molecule has 0 bridgehead atoms. The fraction of sp³-hybridized carbons (Fsp3) is 0.333. The van der Waals surface area contributed by atoms with E-state index < -0.39 is 0 Å². The Balaban J connectivity index is 1.99. The summed E-state index contributed by atoms with van der Waals surface area (Å²) in [5, 5.41) is 3.07. The third-order valence-electron chi connectivity index (χ3n) is 1.99. The molecule has 2 rings (SSSR count). The maximum atomic E-state index is 11.5. The van der Waals surface area contributed by atoms with E-state index in [1.165, 1.54) is 0 Å². The van der Waals surface area contributed by atoms with Crippen LogP contribution >= 0.6 is 0 Å². The van der Waals surface area contributed by atoms with E-state index in [-0.39, 0.29) is 5.78 Å². The maximum absolute atomic E-state index is 11.5. The maximum Gasteiger partial charge on any atom is 0.171 e. The third kappa shape index (κ3) is 1.77. The number of H-pyrrole nitrogens is 1. The fourth-order valence-corrected chi connectivity index (χ4v) is 1.32. The van der Waals surface area contributed by atoms with E-state index in [4.69, 9.17) is 0 Å². The molecular formula is C9H11N3O. The van der Waals surface area contributed by atoms with Crippen molar-refractivity contribution in [2.75, 3.05) is 13.1 Å². The van der Waals surface area contributed by atoms with Crippen molar-refractivity contribution in [3.8, 4) is 0 Å². The van der Waals surface area contributed by atoms with Gasteiger partial charge in [-0.2, -0.15) is 0 Å². The van der Waals surface area contributed by atoms with Crippen LogP contribution in [0.25, 0.3) is 0 Å². The SMILES string of the molecule is O=C(CC1=NCCN1)c1cc[nH]c1. The zero-order valence-corrected chi connectivity index (χ0v) is 7.21. The molecule has 0 radical (unpaired) electrons. The number of rotatable bonds is 3. The number of ketones is 1. The van der Waals surface area contributed by atoms with Gasteiger partial charge in [-0.3, -0.25) is 9.79 Å². The van der Waals surface area contributed by atoms with Gasteiger partial charge in [0.15, 0.2) is 5.78 Å². The van der Waals surface area contributed by atoms with Gasteiger partial charge in [-0.05, 0) is 6.07 Å². The van der Waals surface area contributed by atoms with Crippen LogP contribution in [0.5, 0.6) is 0 Å². The number of Topliss-reactive ketones (excluding diaryl/α,β-unsaturated/α-hetero) is 1. The van der Waals surface area contributed by atoms with Crippen LogP contribution in [0.2, 0.25) is 0 Å². The molecule has 2 heterocycles. The van der Waals surface area contributed by atoms with Crippen molar-refractivity contribution in [1.82, 2.24) is 10.3 Å². The van der Waals surface area contributed by atoms with Gasteiger partial charge >= 0.3 is 0 Å². The Labute approximate surface area is 76.1 Å². The molecule has 0 unspecified atom stereocenters. The summed E-state index contributed by atoms with van der Waals surface area (Å²) in [5.41, 5.74) is 0.719. The van der Waals surface area contributed by atoms with E-state index in [0.29, 0.717) is 6.42 Å². The van der Waals surface area contributed by atoms with Crippen molar-refractivity contribution in [1.29, 1.82) is 0 Å². The predicted molar refractivity (Wildman–Crippen MR) is 50.0 cm³/mol. The predicted octanol–water partition coefficient (Wildman–Crippen LogP) is 0.589. The quantitative estimate of drug-likeness (QED) is 0.664. The van der Waals surface area contributed by atoms with Crippen molar-refractivity contribution >= 4 is 11.6 Å². The van der Waals surface area contributed by atoms with Gasteiger partial charge in [0.2, 0.25) is 0 Å². The highest BCUT2D eigenvalue weighted by molar-refractivity contribution is 6.09. The first-order valence-electron chi connectivity index (χ1n) is 4.29. The van der Waals surface area contributed by atoms with Gasteiger partial charge in [-0.15, -0.1) is 0 Å². The lowest BCUT2D eigenvalue weighted by atomic mass is 10.1. The minimum absolute atomic E-state index is 0.106. The molecule has 1 aliphatic rings. The van der Waals surface area contributed by atoms with E-state index >= 15 is 0 Å². The lowest BCUT2D eigenvalue weighted by molar-refractivity contribution is 0.1000. The van der Waals surface area contributed by atoms with E-state index in [1.807, 2.05) is 0 Å². The number of aromatic nitrogens is 1. The number of aromatic amines is 1. The average Bonchev–Trinajstić information content (AvgIpc) is 2.74. The van der Waals surface area contributed by atoms with Crippen molar-refractivity contribution in [3.63, 3.8) is 0 Å². The van der Waals surface area contributed by atoms with Crippen LogP contribution in [0.3, 0.4) is 0 Å². The van der Waals surface area contributed by atoms with Gasteiger partial charge in [0.05, 0.1) is 13.0 Å². The van der Waals surface area contributed by atoms with Crippen LogP contribution in [-0.2, 0) is 0 Å². The summed E-state index contributed by atoms with van der Waals surface area (Å²) in [6.07, 6.45) is 3.84. The number of hydrogen-bond acceptors (Lipinski definition) is 3. The molecule has 0 aliphatic carbocycles. The van der Waals surface area contributed by atoms with Gasteiger partial charge in [0.1, 0.15) is 5.84 Å². The third-order valence-corrected chi connectivity index (χ3v) is 1.99. The summed E-state index contributed by atoms with van der Waals surface area (Å²) in [7, 11) is 0. The topological polar surface area (TPSA) is 57.2 Å². The Hall–Kier alpha value is -1.58. The number of aliphatic imine (C=N–C) groups is 1. The summed E-state index contributed by atoms with van der Waals surface area (Å²) in [5.74, 6) is 0.917. The normalized spacial score (nSPS) is 15.2. The van der Waals surface area contributed by atoms with E-state index in [0.717, 1.165) is 24.5 Å². The van der Waals surface area contributed by atoms with Gasteiger partial charge in [-0.1, -0.05) is 0 Å². The Morgan fingerprint density at radius 2 is 2.54 bits per heavy atom. The highest BCUT2D eigenvalue weighted by atomic mass is 16.1. The molecule has 0 amide bonds. The van der Waals surface area contributed by atoms with E-state index in [1.54, 1.807) is 18.5 Å². The molecule has 4 heteroatoms. The summed E-state index contributed by atoms with van der Waals surface area (Å²) in [4.78, 5) is 18.5. The molecule has 0 aromatic carbocycles. The number of hydrogen-bond donors (Lipinski definition) is 2. The lowest BCUT2D eigenvalue weighted by Crippen LogP contribution is -2.21. The van der Waals surface area contributed by atoms with Gasteiger partial charge in [-0.25, -0.2) is 0 Å². The van der Waals surface area contributed by atoms with Crippen LogP contribution in [0.4, 0.5) is 0 Å². The molecule has 68 valence electrons. The van der Waals surface area contributed by atoms with Crippen molar-refractivity contribution in [2.45, 2.75) is 6.42 Å². The molecule has 4 nitrogen and oxygen atoms in total. The van der Waals surface area contributed by atoms with Crippen LogP contribution in [-0.4, -0.2) is 29.7 Å². The number of nitrogens with zero attached hydrogens (tertiary/aromatic N) is 1.